The van der Waals surface area contributed by atoms with Crippen molar-refractivity contribution in [1.29, 1.82) is 0 Å². The van der Waals surface area contributed by atoms with E-state index in [0.717, 1.165) is 28.9 Å². The molecule has 9 nitrogen and oxygen atoms in total. The first-order chi connectivity index (χ1) is 17.3. The summed E-state index contributed by atoms with van der Waals surface area (Å²) in [5.41, 5.74) is 2.05. The number of nitrogens with one attached hydrogen (secondary N) is 3. The number of aryl methyl sites for hydroxylation is 1. The summed E-state index contributed by atoms with van der Waals surface area (Å²) in [5.74, 6) is -0.182. The second-order valence-electron chi connectivity index (χ2n) is 9.89. The predicted octanol–water partition coefficient (Wildman–Crippen LogP) is 2.96. The number of amides is 6. The zero-order valence-electron chi connectivity index (χ0n) is 20.5. The van der Waals surface area contributed by atoms with Gasteiger partial charge in [0, 0.05) is 25.3 Å². The Balaban J connectivity index is 1.35. The van der Waals surface area contributed by atoms with E-state index in [0.29, 0.717) is 36.6 Å². The fourth-order valence-corrected chi connectivity index (χ4v) is 5.37. The van der Waals surface area contributed by atoms with Crippen molar-refractivity contribution in [2.75, 3.05) is 18.9 Å². The molecule has 1 heterocycles. The SMILES string of the molecule is CNC(=O)Nc1ccc2c(c1)CC[C@]21NC(=O)N(CC(=O)N(Cc2ccccc2)[C@@H](C)C2CC2)C1=O. The molecule has 2 aromatic rings. The van der Waals surface area contributed by atoms with Crippen molar-refractivity contribution in [2.24, 2.45) is 5.92 Å². The number of anilines is 1. The van der Waals surface area contributed by atoms with Crippen LogP contribution in [0.5, 0.6) is 0 Å². The molecule has 1 saturated heterocycles. The quantitative estimate of drug-likeness (QED) is 0.519. The van der Waals surface area contributed by atoms with Gasteiger partial charge in [-0.05, 0) is 67.3 Å². The van der Waals surface area contributed by atoms with Gasteiger partial charge in [0.1, 0.15) is 12.1 Å². The number of hydrogen-bond acceptors (Lipinski definition) is 4. The van der Waals surface area contributed by atoms with Crippen molar-refractivity contribution in [3.05, 3.63) is 65.2 Å². The zero-order valence-corrected chi connectivity index (χ0v) is 20.5. The summed E-state index contributed by atoms with van der Waals surface area (Å²) in [7, 11) is 1.53. The summed E-state index contributed by atoms with van der Waals surface area (Å²) >= 11 is 0. The molecule has 2 aromatic carbocycles. The van der Waals surface area contributed by atoms with Gasteiger partial charge in [0.15, 0.2) is 0 Å². The van der Waals surface area contributed by atoms with E-state index in [1.165, 1.54) is 7.05 Å². The van der Waals surface area contributed by atoms with Crippen LogP contribution in [0.4, 0.5) is 15.3 Å². The van der Waals surface area contributed by atoms with Crippen LogP contribution < -0.4 is 16.0 Å². The Kier molecular flexibility index (Phi) is 6.15. The molecule has 0 unspecified atom stereocenters. The number of benzene rings is 2. The lowest BCUT2D eigenvalue weighted by Crippen LogP contribution is -2.47. The van der Waals surface area contributed by atoms with Gasteiger partial charge in [-0.1, -0.05) is 36.4 Å². The number of urea groups is 2. The molecule has 1 saturated carbocycles. The summed E-state index contributed by atoms with van der Waals surface area (Å²) in [6.45, 7) is 2.20. The van der Waals surface area contributed by atoms with Gasteiger partial charge in [-0.25, -0.2) is 9.59 Å². The summed E-state index contributed by atoms with van der Waals surface area (Å²) in [4.78, 5) is 54.7. The molecular weight excluding hydrogens is 458 g/mol. The summed E-state index contributed by atoms with van der Waals surface area (Å²) in [5, 5.41) is 8.12. The van der Waals surface area contributed by atoms with E-state index in [4.69, 9.17) is 0 Å². The van der Waals surface area contributed by atoms with Crippen LogP contribution in [0.2, 0.25) is 0 Å². The molecule has 1 aliphatic heterocycles. The zero-order chi connectivity index (χ0) is 25.4. The first-order valence-electron chi connectivity index (χ1n) is 12.4. The average molecular weight is 490 g/mol. The first-order valence-corrected chi connectivity index (χ1v) is 12.4. The van der Waals surface area contributed by atoms with Crippen LogP contribution in [0, 0.1) is 5.92 Å². The molecule has 1 spiro atoms. The van der Waals surface area contributed by atoms with Crippen LogP contribution >= 0.6 is 0 Å². The van der Waals surface area contributed by atoms with Gasteiger partial charge in [0.2, 0.25) is 5.91 Å². The van der Waals surface area contributed by atoms with Crippen molar-refractivity contribution in [1.82, 2.24) is 20.4 Å². The molecule has 0 bridgehead atoms. The second kappa shape index (κ2) is 9.29. The van der Waals surface area contributed by atoms with Crippen molar-refractivity contribution in [3.63, 3.8) is 0 Å². The largest absolute Gasteiger partial charge is 0.341 e. The maximum Gasteiger partial charge on any atom is 0.325 e. The topological polar surface area (TPSA) is 111 Å². The third-order valence-electron chi connectivity index (χ3n) is 7.60. The first kappa shape index (κ1) is 23.8. The molecule has 3 aliphatic rings. The molecule has 0 aromatic heterocycles. The van der Waals surface area contributed by atoms with Gasteiger partial charge in [-0.2, -0.15) is 0 Å². The average Bonchev–Trinajstić information content (AvgIpc) is 3.63. The van der Waals surface area contributed by atoms with Crippen LogP contribution in [0.3, 0.4) is 0 Å². The summed E-state index contributed by atoms with van der Waals surface area (Å²) < 4.78 is 0. The van der Waals surface area contributed by atoms with E-state index in [2.05, 4.69) is 16.0 Å². The Morgan fingerprint density at radius 1 is 1.17 bits per heavy atom. The van der Waals surface area contributed by atoms with E-state index in [-0.39, 0.29) is 24.5 Å². The van der Waals surface area contributed by atoms with Gasteiger partial charge in [0.25, 0.3) is 5.91 Å². The molecule has 6 amide bonds. The molecule has 2 aliphatic carbocycles. The maximum atomic E-state index is 13.6. The fraction of sp³-hybridized carbons (Fsp3) is 0.407. The lowest BCUT2D eigenvalue weighted by molar-refractivity contribution is -0.141. The molecule has 36 heavy (non-hydrogen) atoms. The molecule has 9 heteroatoms. The number of hydrogen-bond donors (Lipinski definition) is 3. The van der Waals surface area contributed by atoms with Gasteiger partial charge in [0.05, 0.1) is 0 Å². The van der Waals surface area contributed by atoms with Crippen molar-refractivity contribution < 1.29 is 19.2 Å². The number of carbonyl (C=O) groups excluding carboxylic acids is 4. The van der Waals surface area contributed by atoms with Crippen LogP contribution in [-0.2, 0) is 28.1 Å². The second-order valence-corrected chi connectivity index (χ2v) is 9.89. The number of rotatable bonds is 7. The Hall–Kier alpha value is -3.88. The Morgan fingerprint density at radius 2 is 1.92 bits per heavy atom. The van der Waals surface area contributed by atoms with Crippen LogP contribution in [0.15, 0.2) is 48.5 Å². The Morgan fingerprint density at radius 3 is 2.61 bits per heavy atom. The minimum atomic E-state index is -1.18. The smallest absolute Gasteiger partial charge is 0.325 e. The number of imide groups is 1. The third-order valence-corrected chi connectivity index (χ3v) is 7.60. The number of fused-ring (bicyclic) bond motifs is 2. The minimum absolute atomic E-state index is 0.0332. The summed E-state index contributed by atoms with van der Waals surface area (Å²) in [6, 6.07) is 14.2. The normalized spacial score (nSPS) is 21.2. The van der Waals surface area contributed by atoms with Gasteiger partial charge in [-0.15, -0.1) is 0 Å². The third kappa shape index (κ3) is 4.29. The van der Waals surface area contributed by atoms with E-state index < -0.39 is 17.5 Å². The van der Waals surface area contributed by atoms with E-state index in [1.54, 1.807) is 17.0 Å². The van der Waals surface area contributed by atoms with Gasteiger partial charge >= 0.3 is 12.1 Å². The molecule has 188 valence electrons. The van der Waals surface area contributed by atoms with Crippen molar-refractivity contribution >= 4 is 29.6 Å². The lowest BCUT2D eigenvalue weighted by atomic mass is 9.91. The maximum absolute atomic E-state index is 13.6. The highest BCUT2D eigenvalue weighted by atomic mass is 16.2. The van der Waals surface area contributed by atoms with E-state index >= 15 is 0 Å². The molecule has 3 N–H and O–H groups in total. The highest BCUT2D eigenvalue weighted by Crippen LogP contribution is 2.42. The monoisotopic (exact) mass is 489 g/mol. The van der Waals surface area contributed by atoms with Gasteiger partial charge < -0.3 is 20.9 Å². The van der Waals surface area contributed by atoms with Gasteiger partial charge in [-0.3, -0.25) is 14.5 Å². The highest BCUT2D eigenvalue weighted by Gasteiger charge is 2.56. The van der Waals surface area contributed by atoms with Crippen LogP contribution in [-0.4, -0.2) is 53.3 Å². The standard InChI is InChI=1S/C27H31N5O4/c1-17(19-8-9-19)31(15-18-6-4-3-5-7-18)23(33)16-32-24(34)27(30-26(32)36)13-12-20-14-21(10-11-22(20)27)29-25(35)28-2/h3-7,10-11,14,17,19H,8-9,12-13,15-16H2,1-2H3,(H,30,36)(H2,28,29,35)/t17-,27-/m0/s1. The molecule has 5 rings (SSSR count). The van der Waals surface area contributed by atoms with Crippen molar-refractivity contribution in [2.45, 2.75) is 50.7 Å². The van der Waals surface area contributed by atoms with Crippen molar-refractivity contribution in [3.8, 4) is 0 Å². The summed E-state index contributed by atoms with van der Waals surface area (Å²) in [6.07, 6.45) is 3.15. The van der Waals surface area contributed by atoms with E-state index in [1.807, 2.05) is 43.3 Å². The molecule has 2 atom stereocenters. The Bertz CT molecular complexity index is 1210. The minimum Gasteiger partial charge on any atom is -0.341 e. The Labute approximate surface area is 210 Å². The number of nitrogens with zero attached hydrogens (tertiary/aromatic N) is 2. The van der Waals surface area contributed by atoms with E-state index in [9.17, 15) is 19.2 Å². The molecule has 0 radical (unpaired) electrons. The molecule has 2 fully saturated rings. The number of carbonyl (C=O) groups is 4. The molecular formula is C27H31N5O4. The fourth-order valence-electron chi connectivity index (χ4n) is 5.37. The van der Waals surface area contributed by atoms with Crippen LogP contribution in [0.1, 0.15) is 42.9 Å². The lowest BCUT2D eigenvalue weighted by Gasteiger charge is -2.31. The highest BCUT2D eigenvalue weighted by molar-refractivity contribution is 6.10. The predicted molar refractivity (Wildman–Crippen MR) is 134 cm³/mol. The van der Waals surface area contributed by atoms with Crippen LogP contribution in [0.25, 0.3) is 0 Å².